The first kappa shape index (κ1) is 13.1. The van der Waals surface area contributed by atoms with Crippen LogP contribution in [-0.2, 0) is 9.53 Å². The van der Waals surface area contributed by atoms with Gasteiger partial charge in [0.15, 0.2) is 0 Å². The molecule has 1 amide bonds. The van der Waals surface area contributed by atoms with Gasteiger partial charge in [0.2, 0.25) is 0 Å². The first-order valence-electron chi connectivity index (χ1n) is 5.58. The maximum absolute atomic E-state index is 12.8. The van der Waals surface area contributed by atoms with Gasteiger partial charge < -0.3 is 15.8 Å². The van der Waals surface area contributed by atoms with E-state index < -0.39 is 29.9 Å². The number of rotatable bonds is 4. The Labute approximate surface area is 102 Å². The fourth-order valence-electron chi connectivity index (χ4n) is 2.05. The van der Waals surface area contributed by atoms with E-state index in [1.54, 1.807) is 0 Å². The molecular weight excluding hydrogens is 249 g/mol. The number of ether oxygens (including phenoxy) is 1. The van der Waals surface area contributed by atoms with Crippen molar-refractivity contribution in [3.8, 4) is 0 Å². The molecule has 2 bridgehead atoms. The molecule has 2 heterocycles. The predicted octanol–water partition coefficient (Wildman–Crippen LogP) is 0.647. The lowest BCUT2D eigenvalue weighted by atomic mass is 9.96. The first-order valence-corrected chi connectivity index (χ1v) is 5.58. The summed E-state index contributed by atoms with van der Waals surface area (Å²) >= 11 is 0. The van der Waals surface area contributed by atoms with Crippen molar-refractivity contribution >= 4 is 5.91 Å². The highest BCUT2D eigenvalue weighted by molar-refractivity contribution is 5.97. The largest absolute Gasteiger partial charge is 0.416 e. The summed E-state index contributed by atoms with van der Waals surface area (Å²) in [5, 5.41) is 2.42. The number of carbonyl (C=O) groups is 1. The summed E-state index contributed by atoms with van der Waals surface area (Å²) in [6.07, 6.45) is -3.27. The number of carbonyl (C=O) groups excluding carboxylic acids is 1. The van der Waals surface area contributed by atoms with Crippen molar-refractivity contribution in [1.29, 1.82) is 0 Å². The van der Waals surface area contributed by atoms with Gasteiger partial charge in [-0.1, -0.05) is 12.2 Å². The molecule has 2 atom stereocenters. The average Bonchev–Trinajstić information content (AvgIpc) is 2.87. The zero-order valence-corrected chi connectivity index (χ0v) is 9.46. The number of alkyl halides is 3. The van der Waals surface area contributed by atoms with Gasteiger partial charge in [-0.3, -0.25) is 4.79 Å². The third-order valence-electron chi connectivity index (χ3n) is 2.83. The summed E-state index contributed by atoms with van der Waals surface area (Å²) in [7, 11) is 0. The second-order valence-electron chi connectivity index (χ2n) is 4.09. The van der Waals surface area contributed by atoms with E-state index >= 15 is 0 Å². The summed E-state index contributed by atoms with van der Waals surface area (Å²) in [5.74, 6) is -0.729. The Bertz CT molecular complexity index is 415. The smallest absolute Gasteiger partial charge is 0.357 e. The van der Waals surface area contributed by atoms with Gasteiger partial charge in [0.1, 0.15) is 12.2 Å². The lowest BCUT2D eigenvalue weighted by Crippen LogP contribution is -2.33. The van der Waals surface area contributed by atoms with Crippen LogP contribution in [-0.4, -0.2) is 37.4 Å². The van der Waals surface area contributed by atoms with Gasteiger partial charge in [0.05, 0.1) is 11.1 Å². The van der Waals surface area contributed by atoms with E-state index in [-0.39, 0.29) is 12.1 Å². The van der Waals surface area contributed by atoms with Crippen LogP contribution in [0, 0.1) is 0 Å². The van der Waals surface area contributed by atoms with Crippen molar-refractivity contribution in [3.05, 3.63) is 23.3 Å². The Hall–Kier alpha value is -1.34. The molecule has 7 heteroatoms. The topological polar surface area (TPSA) is 64.3 Å². The van der Waals surface area contributed by atoms with Gasteiger partial charge in [-0.15, -0.1) is 0 Å². The molecule has 2 aliphatic heterocycles. The number of halogens is 3. The summed E-state index contributed by atoms with van der Waals surface area (Å²) in [6, 6.07) is 0. The van der Waals surface area contributed by atoms with Crippen molar-refractivity contribution < 1.29 is 22.7 Å². The lowest BCUT2D eigenvalue weighted by Gasteiger charge is -2.15. The minimum Gasteiger partial charge on any atom is -0.357 e. The summed E-state index contributed by atoms with van der Waals surface area (Å²) in [6.45, 7) is 0.624. The van der Waals surface area contributed by atoms with Gasteiger partial charge in [0.25, 0.3) is 5.91 Å². The molecule has 3 N–H and O–H groups in total. The molecule has 0 aliphatic carbocycles. The van der Waals surface area contributed by atoms with Crippen molar-refractivity contribution in [1.82, 2.24) is 5.32 Å². The SMILES string of the molecule is NCCCNC(=O)C1=C(C(F)(F)F)C2C=CC1O2. The van der Waals surface area contributed by atoms with E-state index in [4.69, 9.17) is 10.5 Å². The molecule has 4 nitrogen and oxygen atoms in total. The zero-order valence-electron chi connectivity index (χ0n) is 9.46. The molecule has 0 fully saturated rings. The monoisotopic (exact) mass is 262 g/mol. The van der Waals surface area contributed by atoms with Crippen LogP contribution in [0.4, 0.5) is 13.2 Å². The van der Waals surface area contributed by atoms with E-state index in [0.717, 1.165) is 0 Å². The second-order valence-corrected chi connectivity index (χ2v) is 4.09. The lowest BCUT2D eigenvalue weighted by molar-refractivity contribution is -0.119. The molecule has 0 aromatic carbocycles. The van der Waals surface area contributed by atoms with Crippen LogP contribution >= 0.6 is 0 Å². The molecular formula is C11H13F3N2O2. The fourth-order valence-corrected chi connectivity index (χ4v) is 2.05. The molecule has 2 unspecified atom stereocenters. The number of hydrogen-bond donors (Lipinski definition) is 2. The predicted molar refractivity (Wildman–Crippen MR) is 57.6 cm³/mol. The van der Waals surface area contributed by atoms with Crippen LogP contribution in [0.3, 0.4) is 0 Å². The van der Waals surface area contributed by atoms with Gasteiger partial charge in [-0.25, -0.2) is 0 Å². The van der Waals surface area contributed by atoms with Crippen LogP contribution in [0.15, 0.2) is 23.3 Å². The highest BCUT2D eigenvalue weighted by Crippen LogP contribution is 2.43. The number of nitrogens with one attached hydrogen (secondary N) is 1. The van der Waals surface area contributed by atoms with Gasteiger partial charge in [-0.05, 0) is 13.0 Å². The van der Waals surface area contributed by atoms with Crippen LogP contribution < -0.4 is 11.1 Å². The van der Waals surface area contributed by atoms with Gasteiger partial charge in [-0.2, -0.15) is 13.2 Å². The first-order chi connectivity index (χ1) is 8.45. The Morgan fingerprint density at radius 2 is 2.06 bits per heavy atom. The van der Waals surface area contributed by atoms with Crippen molar-refractivity contribution in [2.24, 2.45) is 5.73 Å². The molecule has 0 aromatic rings. The Morgan fingerprint density at radius 3 is 2.67 bits per heavy atom. The van der Waals surface area contributed by atoms with E-state index in [1.807, 2.05) is 0 Å². The fraction of sp³-hybridized carbons (Fsp3) is 0.545. The third kappa shape index (κ3) is 2.28. The summed E-state index contributed by atoms with van der Waals surface area (Å²) in [5.41, 5.74) is 4.03. The average molecular weight is 262 g/mol. The Balaban J connectivity index is 2.17. The molecule has 0 saturated carbocycles. The normalized spacial score (nSPS) is 26.0. The Morgan fingerprint density at radius 1 is 1.39 bits per heavy atom. The molecule has 18 heavy (non-hydrogen) atoms. The number of amides is 1. The van der Waals surface area contributed by atoms with Gasteiger partial charge in [0, 0.05) is 6.54 Å². The highest BCUT2D eigenvalue weighted by Gasteiger charge is 2.51. The highest BCUT2D eigenvalue weighted by atomic mass is 19.4. The molecule has 0 spiro atoms. The van der Waals surface area contributed by atoms with E-state index in [0.29, 0.717) is 13.0 Å². The third-order valence-corrected chi connectivity index (χ3v) is 2.83. The summed E-state index contributed by atoms with van der Waals surface area (Å²) in [4.78, 5) is 11.7. The summed E-state index contributed by atoms with van der Waals surface area (Å²) < 4.78 is 43.6. The molecule has 100 valence electrons. The van der Waals surface area contributed by atoms with E-state index in [2.05, 4.69) is 5.32 Å². The maximum atomic E-state index is 12.8. The van der Waals surface area contributed by atoms with Crippen molar-refractivity contribution in [2.45, 2.75) is 24.8 Å². The molecule has 2 rings (SSSR count). The molecule has 0 saturated heterocycles. The van der Waals surface area contributed by atoms with Crippen LogP contribution in [0.2, 0.25) is 0 Å². The van der Waals surface area contributed by atoms with Crippen molar-refractivity contribution in [3.63, 3.8) is 0 Å². The number of nitrogens with two attached hydrogens (primary N) is 1. The number of fused-ring (bicyclic) bond motifs is 2. The van der Waals surface area contributed by atoms with Crippen LogP contribution in [0.25, 0.3) is 0 Å². The van der Waals surface area contributed by atoms with Gasteiger partial charge >= 0.3 is 6.18 Å². The van der Waals surface area contributed by atoms with Crippen LogP contribution in [0.5, 0.6) is 0 Å². The minimum atomic E-state index is -4.55. The molecule has 2 aliphatic rings. The van der Waals surface area contributed by atoms with Crippen LogP contribution in [0.1, 0.15) is 6.42 Å². The molecule has 0 radical (unpaired) electrons. The van der Waals surface area contributed by atoms with E-state index in [1.165, 1.54) is 12.2 Å². The standard InChI is InChI=1S/C11H13F3N2O2/c12-11(13,14)9-7-3-2-6(18-7)8(9)10(17)16-5-1-4-15/h2-3,6-7H,1,4-5,15H2,(H,16,17). The van der Waals surface area contributed by atoms with Crippen molar-refractivity contribution in [2.75, 3.05) is 13.1 Å². The maximum Gasteiger partial charge on any atom is 0.416 e. The second kappa shape index (κ2) is 4.74. The zero-order chi connectivity index (χ0) is 13.3. The molecule has 0 aromatic heterocycles. The quantitative estimate of drug-likeness (QED) is 0.577. The van der Waals surface area contributed by atoms with E-state index in [9.17, 15) is 18.0 Å². The minimum absolute atomic E-state index is 0.255. The Kier molecular flexibility index (Phi) is 3.45. The number of hydrogen-bond acceptors (Lipinski definition) is 3.